The first-order valence-corrected chi connectivity index (χ1v) is 9.03. The van der Waals surface area contributed by atoms with Crippen molar-refractivity contribution in [2.24, 2.45) is 4.99 Å². The molecule has 0 unspecified atom stereocenters. The highest BCUT2D eigenvalue weighted by atomic mass is 16.3. The zero-order chi connectivity index (χ0) is 18.4. The van der Waals surface area contributed by atoms with Crippen LogP contribution in [0.25, 0.3) is 10.9 Å². The lowest BCUT2D eigenvalue weighted by molar-refractivity contribution is 0.475. The van der Waals surface area contributed by atoms with Crippen molar-refractivity contribution in [2.45, 2.75) is 26.8 Å². The van der Waals surface area contributed by atoms with Crippen LogP contribution in [-0.2, 0) is 13.0 Å². The van der Waals surface area contributed by atoms with Crippen LogP contribution in [-0.4, -0.2) is 29.1 Å². The number of benzene rings is 2. The monoisotopic (exact) mass is 350 g/mol. The van der Waals surface area contributed by atoms with E-state index in [9.17, 15) is 5.11 Å². The maximum atomic E-state index is 9.35. The number of aliphatic imine (C=N–C) groups is 1. The van der Waals surface area contributed by atoms with E-state index in [0.29, 0.717) is 6.54 Å². The van der Waals surface area contributed by atoms with Crippen molar-refractivity contribution in [3.8, 4) is 5.75 Å². The Bertz CT molecular complexity index is 881. The first-order chi connectivity index (χ1) is 12.7. The molecule has 0 aliphatic rings. The fraction of sp³-hybridized carbons (Fsp3) is 0.286. The molecule has 0 saturated carbocycles. The van der Waals surface area contributed by atoms with E-state index in [-0.39, 0.29) is 5.75 Å². The van der Waals surface area contributed by atoms with Gasteiger partial charge in [-0.3, -0.25) is 0 Å². The van der Waals surface area contributed by atoms with Crippen molar-refractivity contribution in [2.75, 3.05) is 13.1 Å². The Kier molecular flexibility index (Phi) is 5.79. The smallest absolute Gasteiger partial charge is 0.191 e. The fourth-order valence-electron chi connectivity index (χ4n) is 3.00. The van der Waals surface area contributed by atoms with Crippen LogP contribution in [0.4, 0.5) is 0 Å². The predicted molar refractivity (Wildman–Crippen MR) is 108 cm³/mol. The standard InChI is InChI=1S/C21H26N4O/c1-3-22-21(25-13-16-7-9-18(26)10-8-16)23-12-11-17-14-24-20-15(2)5-4-6-19(17)20/h4-10,14,24,26H,3,11-13H2,1-2H3,(H2,22,23,25). The number of hydrogen-bond acceptors (Lipinski definition) is 2. The minimum Gasteiger partial charge on any atom is -0.508 e. The Hall–Kier alpha value is -2.95. The minimum absolute atomic E-state index is 0.275. The van der Waals surface area contributed by atoms with Crippen molar-refractivity contribution in [1.29, 1.82) is 0 Å². The number of aromatic amines is 1. The highest BCUT2D eigenvalue weighted by molar-refractivity contribution is 5.86. The molecule has 0 saturated heterocycles. The van der Waals surface area contributed by atoms with Crippen LogP contribution in [0.1, 0.15) is 23.6 Å². The lowest BCUT2D eigenvalue weighted by Gasteiger charge is -2.11. The third kappa shape index (κ3) is 4.36. The van der Waals surface area contributed by atoms with Crippen LogP contribution in [0, 0.1) is 6.92 Å². The molecule has 1 aromatic heterocycles. The maximum Gasteiger partial charge on any atom is 0.191 e. The Morgan fingerprint density at radius 2 is 1.92 bits per heavy atom. The molecule has 0 fully saturated rings. The Morgan fingerprint density at radius 3 is 2.69 bits per heavy atom. The SMILES string of the molecule is CCNC(=NCc1ccc(O)cc1)NCCc1c[nH]c2c(C)cccc12. The molecule has 4 N–H and O–H groups in total. The van der Waals surface area contributed by atoms with Crippen molar-refractivity contribution >= 4 is 16.9 Å². The number of nitrogens with zero attached hydrogens (tertiary/aromatic N) is 1. The molecular weight excluding hydrogens is 324 g/mol. The average molecular weight is 350 g/mol. The molecule has 3 rings (SSSR count). The lowest BCUT2D eigenvalue weighted by Crippen LogP contribution is -2.38. The van der Waals surface area contributed by atoms with E-state index in [1.165, 1.54) is 22.0 Å². The number of aryl methyl sites for hydroxylation is 1. The van der Waals surface area contributed by atoms with Gasteiger partial charge >= 0.3 is 0 Å². The van der Waals surface area contributed by atoms with E-state index in [0.717, 1.165) is 31.0 Å². The molecule has 5 nitrogen and oxygen atoms in total. The molecule has 2 aromatic carbocycles. The summed E-state index contributed by atoms with van der Waals surface area (Å²) in [7, 11) is 0. The second-order valence-corrected chi connectivity index (χ2v) is 6.35. The number of rotatable bonds is 6. The Balaban J connectivity index is 1.60. The third-order valence-corrected chi connectivity index (χ3v) is 4.40. The van der Waals surface area contributed by atoms with E-state index in [4.69, 9.17) is 0 Å². The van der Waals surface area contributed by atoms with Gasteiger partial charge in [0.2, 0.25) is 0 Å². The number of para-hydroxylation sites is 1. The Labute approximate surface area is 154 Å². The zero-order valence-corrected chi connectivity index (χ0v) is 15.3. The summed E-state index contributed by atoms with van der Waals surface area (Å²) in [6.07, 6.45) is 3.02. The van der Waals surface area contributed by atoms with Crippen molar-refractivity contribution in [3.05, 3.63) is 65.4 Å². The van der Waals surface area contributed by atoms with E-state index in [2.05, 4.69) is 58.9 Å². The predicted octanol–water partition coefficient (Wildman–Crippen LogP) is 3.48. The normalized spacial score (nSPS) is 11.7. The van der Waals surface area contributed by atoms with Crippen molar-refractivity contribution in [1.82, 2.24) is 15.6 Å². The molecule has 26 heavy (non-hydrogen) atoms. The number of hydrogen-bond donors (Lipinski definition) is 4. The van der Waals surface area contributed by atoms with Gasteiger partial charge in [0.25, 0.3) is 0 Å². The van der Waals surface area contributed by atoms with Crippen molar-refractivity contribution in [3.63, 3.8) is 0 Å². The third-order valence-electron chi connectivity index (χ3n) is 4.40. The van der Waals surface area contributed by atoms with Crippen LogP contribution < -0.4 is 10.6 Å². The molecule has 0 spiro atoms. The molecule has 5 heteroatoms. The number of nitrogens with one attached hydrogen (secondary N) is 3. The van der Waals surface area contributed by atoms with Gasteiger partial charge in [-0.05, 0) is 49.1 Å². The van der Waals surface area contributed by atoms with Gasteiger partial charge in [0.1, 0.15) is 5.75 Å². The molecule has 0 aliphatic heterocycles. The molecular formula is C21H26N4O. The van der Waals surface area contributed by atoms with Crippen LogP contribution in [0.5, 0.6) is 5.75 Å². The number of H-pyrrole nitrogens is 1. The number of guanidine groups is 1. The molecule has 0 bridgehead atoms. The molecule has 3 aromatic rings. The van der Waals surface area contributed by atoms with Gasteiger partial charge in [-0.15, -0.1) is 0 Å². The summed E-state index contributed by atoms with van der Waals surface area (Å²) in [5.74, 6) is 1.08. The first-order valence-electron chi connectivity index (χ1n) is 9.03. The number of phenolic OH excluding ortho intramolecular Hbond substituents is 1. The van der Waals surface area contributed by atoms with E-state index < -0.39 is 0 Å². The van der Waals surface area contributed by atoms with Gasteiger partial charge in [0.15, 0.2) is 5.96 Å². The number of aromatic hydroxyl groups is 1. The first kappa shape index (κ1) is 17.9. The van der Waals surface area contributed by atoms with E-state index >= 15 is 0 Å². The van der Waals surface area contributed by atoms with Gasteiger partial charge in [-0.2, -0.15) is 0 Å². The van der Waals surface area contributed by atoms with Gasteiger partial charge in [0, 0.05) is 30.2 Å². The summed E-state index contributed by atoms with van der Waals surface area (Å²) < 4.78 is 0. The summed E-state index contributed by atoms with van der Waals surface area (Å²) in [5, 5.41) is 17.3. The topological polar surface area (TPSA) is 72.4 Å². The van der Waals surface area contributed by atoms with Crippen molar-refractivity contribution < 1.29 is 5.11 Å². The summed E-state index contributed by atoms with van der Waals surface area (Å²) in [6.45, 7) is 6.37. The molecule has 0 atom stereocenters. The van der Waals surface area contributed by atoms with Crippen LogP contribution in [0.2, 0.25) is 0 Å². The number of fused-ring (bicyclic) bond motifs is 1. The average Bonchev–Trinajstić information content (AvgIpc) is 3.06. The quantitative estimate of drug-likeness (QED) is 0.406. The summed E-state index contributed by atoms with van der Waals surface area (Å²) in [6, 6.07) is 13.5. The fourth-order valence-corrected chi connectivity index (χ4v) is 3.00. The number of phenols is 1. The minimum atomic E-state index is 0.275. The van der Waals surface area contributed by atoms with Crippen LogP contribution in [0.15, 0.2) is 53.7 Å². The lowest BCUT2D eigenvalue weighted by atomic mass is 10.1. The zero-order valence-electron chi connectivity index (χ0n) is 15.3. The molecule has 0 aliphatic carbocycles. The molecule has 136 valence electrons. The van der Waals surface area contributed by atoms with E-state index in [1.54, 1.807) is 12.1 Å². The second-order valence-electron chi connectivity index (χ2n) is 6.35. The highest BCUT2D eigenvalue weighted by Crippen LogP contribution is 2.21. The summed E-state index contributed by atoms with van der Waals surface area (Å²) in [5.41, 5.74) is 4.86. The van der Waals surface area contributed by atoms with Gasteiger partial charge in [0.05, 0.1) is 6.54 Å². The molecule has 0 amide bonds. The molecule has 0 radical (unpaired) electrons. The van der Waals surface area contributed by atoms with Gasteiger partial charge < -0.3 is 20.7 Å². The highest BCUT2D eigenvalue weighted by Gasteiger charge is 2.05. The van der Waals surface area contributed by atoms with E-state index in [1.807, 2.05) is 12.1 Å². The summed E-state index contributed by atoms with van der Waals surface area (Å²) >= 11 is 0. The largest absolute Gasteiger partial charge is 0.508 e. The summed E-state index contributed by atoms with van der Waals surface area (Å²) in [4.78, 5) is 7.99. The van der Waals surface area contributed by atoms with Gasteiger partial charge in [-0.1, -0.05) is 30.3 Å². The van der Waals surface area contributed by atoms with Crippen LogP contribution in [0.3, 0.4) is 0 Å². The number of aromatic nitrogens is 1. The van der Waals surface area contributed by atoms with Gasteiger partial charge in [-0.25, -0.2) is 4.99 Å². The second kappa shape index (κ2) is 8.43. The molecule has 1 heterocycles. The Morgan fingerprint density at radius 1 is 1.12 bits per heavy atom. The van der Waals surface area contributed by atoms with Crippen LogP contribution >= 0.6 is 0 Å². The maximum absolute atomic E-state index is 9.35.